The molecule has 2 aromatic heterocycles. The number of nitrogen functional groups attached to an aromatic ring is 1. The maximum absolute atomic E-state index is 12.7. The van der Waals surface area contributed by atoms with Gasteiger partial charge < -0.3 is 25.2 Å². The van der Waals surface area contributed by atoms with Crippen molar-refractivity contribution in [3.05, 3.63) is 29.1 Å². The molecule has 14 heteroatoms. The summed E-state index contributed by atoms with van der Waals surface area (Å²) in [4.78, 5) is 14.5. The van der Waals surface area contributed by atoms with Crippen molar-refractivity contribution in [2.75, 3.05) is 34.0 Å². The van der Waals surface area contributed by atoms with E-state index in [1.807, 2.05) is 19.0 Å². The minimum Gasteiger partial charge on any atom is -0.502 e. The predicted octanol–water partition coefficient (Wildman–Crippen LogP) is -0.219. The van der Waals surface area contributed by atoms with Crippen molar-refractivity contribution >= 4 is 17.9 Å². The minimum atomic E-state index is -0.605. The minimum absolute atomic E-state index is 0.00473. The molecule has 0 fully saturated rings. The number of amides is 1. The second-order valence-electron chi connectivity index (χ2n) is 6.48. The summed E-state index contributed by atoms with van der Waals surface area (Å²) in [5, 5.41) is 29.0. The van der Waals surface area contributed by atoms with Crippen LogP contribution in [0, 0.1) is 0 Å². The van der Waals surface area contributed by atoms with E-state index in [0.29, 0.717) is 17.8 Å². The van der Waals surface area contributed by atoms with Gasteiger partial charge in [-0.1, -0.05) is 5.21 Å². The number of nitrogens with two attached hydrogens (primary N) is 1. The first kappa shape index (κ1) is 21.5. The third-order valence-corrected chi connectivity index (χ3v) is 4.02. The molecule has 0 saturated carbocycles. The molecule has 0 bridgehead atoms. The number of hydrazone groups is 1. The highest BCUT2D eigenvalue weighted by Gasteiger charge is 2.24. The van der Waals surface area contributed by atoms with Gasteiger partial charge in [0.15, 0.2) is 17.2 Å². The van der Waals surface area contributed by atoms with E-state index < -0.39 is 5.91 Å². The van der Waals surface area contributed by atoms with Crippen molar-refractivity contribution in [3.8, 4) is 23.1 Å². The molecule has 3 aromatic rings. The quantitative estimate of drug-likeness (QED) is 0.317. The van der Waals surface area contributed by atoms with Gasteiger partial charge in [-0.2, -0.15) is 9.78 Å². The van der Waals surface area contributed by atoms with Crippen molar-refractivity contribution in [2.45, 2.75) is 6.54 Å². The third kappa shape index (κ3) is 4.53. The van der Waals surface area contributed by atoms with Gasteiger partial charge in [-0.15, -0.1) is 5.10 Å². The molecular formula is C17H21N9O5. The Balaban J connectivity index is 1.84. The number of phenols is 1. The normalized spacial score (nSPS) is 11.3. The SMILES string of the molecule is COc1cc(/C=N\NC(=O)c2nnn(-c3nonc3N)c2CN(C)C)cc(OC)c1O. The van der Waals surface area contributed by atoms with Crippen LogP contribution in [-0.2, 0) is 6.54 Å². The first-order chi connectivity index (χ1) is 14.8. The first-order valence-corrected chi connectivity index (χ1v) is 8.81. The van der Waals surface area contributed by atoms with Gasteiger partial charge in [0.05, 0.1) is 26.1 Å². The Morgan fingerprint density at radius 1 is 1.32 bits per heavy atom. The highest BCUT2D eigenvalue weighted by atomic mass is 16.6. The Morgan fingerprint density at radius 3 is 2.55 bits per heavy atom. The van der Waals surface area contributed by atoms with Crippen LogP contribution < -0.4 is 20.6 Å². The number of nitrogens with zero attached hydrogens (tertiary/aromatic N) is 7. The fourth-order valence-corrected chi connectivity index (χ4v) is 2.63. The topological polar surface area (TPSA) is 179 Å². The molecule has 4 N–H and O–H groups in total. The van der Waals surface area contributed by atoms with E-state index in [4.69, 9.17) is 15.2 Å². The molecule has 0 atom stereocenters. The zero-order valence-corrected chi connectivity index (χ0v) is 17.2. The standard InChI is InChI=1S/C17H21N9O5/c1-25(2)8-10-13(20-24-26(10)16-15(18)22-31-23-16)17(28)21-19-7-9-5-11(29-3)14(27)12(6-9)30-4/h5-7,27H,8H2,1-4H3,(H2,18,22)(H,21,28)/b19-7-. The number of phenolic OH excluding ortho intramolecular Hbond substituents is 1. The maximum atomic E-state index is 12.7. The van der Waals surface area contributed by atoms with Gasteiger partial charge >= 0.3 is 0 Å². The summed E-state index contributed by atoms with van der Waals surface area (Å²) in [5.41, 5.74) is 9.06. The van der Waals surface area contributed by atoms with Gasteiger partial charge in [-0.3, -0.25) is 4.79 Å². The summed E-state index contributed by atoms with van der Waals surface area (Å²) in [6, 6.07) is 3.06. The third-order valence-electron chi connectivity index (χ3n) is 4.02. The fourth-order valence-electron chi connectivity index (χ4n) is 2.63. The summed E-state index contributed by atoms with van der Waals surface area (Å²) >= 11 is 0. The van der Waals surface area contributed by atoms with Crippen molar-refractivity contribution in [3.63, 3.8) is 0 Å². The molecule has 1 amide bonds. The van der Waals surface area contributed by atoms with Crippen LogP contribution in [0.25, 0.3) is 5.82 Å². The van der Waals surface area contributed by atoms with E-state index in [-0.39, 0.29) is 34.6 Å². The van der Waals surface area contributed by atoms with Gasteiger partial charge in [0.2, 0.25) is 17.4 Å². The number of carbonyl (C=O) groups excluding carboxylic acids is 1. The lowest BCUT2D eigenvalue weighted by Gasteiger charge is -2.11. The Kier molecular flexibility index (Phi) is 6.30. The Labute approximate surface area is 176 Å². The lowest BCUT2D eigenvalue weighted by atomic mass is 10.2. The van der Waals surface area contributed by atoms with E-state index in [1.54, 1.807) is 0 Å². The predicted molar refractivity (Wildman–Crippen MR) is 107 cm³/mol. The van der Waals surface area contributed by atoms with Crippen molar-refractivity contribution < 1.29 is 24.0 Å². The van der Waals surface area contributed by atoms with E-state index in [2.05, 4.69) is 35.8 Å². The average molecular weight is 431 g/mol. The number of ether oxygens (including phenoxy) is 2. The van der Waals surface area contributed by atoms with E-state index in [1.165, 1.54) is 37.2 Å². The summed E-state index contributed by atoms with van der Waals surface area (Å²) in [5.74, 6) is -0.227. The monoisotopic (exact) mass is 431 g/mol. The number of nitrogens with one attached hydrogen (secondary N) is 1. The van der Waals surface area contributed by atoms with Crippen LogP contribution in [0.2, 0.25) is 0 Å². The van der Waals surface area contributed by atoms with Crippen molar-refractivity contribution in [1.82, 2.24) is 35.6 Å². The molecule has 1 aromatic carbocycles. The molecule has 0 unspecified atom stereocenters. The zero-order valence-electron chi connectivity index (χ0n) is 17.2. The number of aromatic nitrogens is 5. The number of carbonyl (C=O) groups is 1. The first-order valence-electron chi connectivity index (χ1n) is 8.81. The average Bonchev–Trinajstić information content (AvgIpc) is 3.34. The van der Waals surface area contributed by atoms with Crippen LogP contribution in [0.3, 0.4) is 0 Å². The van der Waals surface area contributed by atoms with Gasteiger partial charge in [0, 0.05) is 12.1 Å². The second-order valence-corrected chi connectivity index (χ2v) is 6.48. The van der Waals surface area contributed by atoms with Gasteiger partial charge in [0.1, 0.15) is 0 Å². The molecule has 0 spiro atoms. The van der Waals surface area contributed by atoms with Crippen LogP contribution in [0.15, 0.2) is 21.9 Å². The molecule has 0 radical (unpaired) electrons. The molecule has 2 heterocycles. The Morgan fingerprint density at radius 2 is 2.00 bits per heavy atom. The lowest BCUT2D eigenvalue weighted by molar-refractivity contribution is 0.0948. The Hall–Kier alpha value is -4.20. The molecule has 3 rings (SSSR count). The molecular weight excluding hydrogens is 410 g/mol. The fraction of sp³-hybridized carbons (Fsp3) is 0.294. The molecule has 164 valence electrons. The maximum Gasteiger partial charge on any atom is 0.293 e. The highest BCUT2D eigenvalue weighted by molar-refractivity contribution is 5.94. The Bertz CT molecular complexity index is 1080. The number of anilines is 1. The van der Waals surface area contributed by atoms with Crippen LogP contribution in [0.5, 0.6) is 17.2 Å². The molecule has 0 aliphatic carbocycles. The van der Waals surface area contributed by atoms with Crippen molar-refractivity contribution in [2.24, 2.45) is 5.10 Å². The number of hydrogen-bond donors (Lipinski definition) is 3. The number of hydrogen-bond acceptors (Lipinski definition) is 12. The number of rotatable bonds is 8. The smallest absolute Gasteiger partial charge is 0.293 e. The summed E-state index contributed by atoms with van der Waals surface area (Å²) in [7, 11) is 6.44. The van der Waals surface area contributed by atoms with Crippen LogP contribution in [0.1, 0.15) is 21.7 Å². The second kappa shape index (κ2) is 9.08. The number of benzene rings is 1. The van der Waals surface area contributed by atoms with Crippen molar-refractivity contribution in [1.29, 1.82) is 0 Å². The zero-order chi connectivity index (χ0) is 22.5. The lowest BCUT2D eigenvalue weighted by Crippen LogP contribution is -2.23. The summed E-state index contributed by atoms with van der Waals surface area (Å²) < 4.78 is 16.1. The number of aromatic hydroxyl groups is 1. The van der Waals surface area contributed by atoms with Crippen LogP contribution in [-0.4, -0.2) is 75.8 Å². The summed E-state index contributed by atoms with van der Waals surface area (Å²) in [6.45, 7) is 0.304. The highest BCUT2D eigenvalue weighted by Crippen LogP contribution is 2.36. The van der Waals surface area contributed by atoms with Crippen LogP contribution in [0.4, 0.5) is 5.82 Å². The largest absolute Gasteiger partial charge is 0.502 e. The van der Waals surface area contributed by atoms with Gasteiger partial charge in [-0.25, -0.2) is 10.1 Å². The molecule has 14 nitrogen and oxygen atoms in total. The van der Waals surface area contributed by atoms with Gasteiger partial charge in [-0.05, 0) is 36.5 Å². The molecule has 0 aliphatic heterocycles. The molecule has 0 aliphatic rings. The van der Waals surface area contributed by atoms with E-state index in [9.17, 15) is 9.90 Å². The number of methoxy groups -OCH3 is 2. The van der Waals surface area contributed by atoms with Crippen LogP contribution >= 0.6 is 0 Å². The molecule has 31 heavy (non-hydrogen) atoms. The summed E-state index contributed by atoms with van der Waals surface area (Å²) in [6.07, 6.45) is 1.36. The molecule has 0 saturated heterocycles. The van der Waals surface area contributed by atoms with E-state index >= 15 is 0 Å². The van der Waals surface area contributed by atoms with E-state index in [0.717, 1.165) is 0 Å². The van der Waals surface area contributed by atoms with Gasteiger partial charge in [0.25, 0.3) is 5.91 Å².